The van der Waals surface area contributed by atoms with Crippen LogP contribution in [-0.4, -0.2) is 29.0 Å². The number of H-pyrrole nitrogens is 1. The van der Waals surface area contributed by atoms with Crippen LogP contribution in [-0.2, 0) is 0 Å². The van der Waals surface area contributed by atoms with Crippen LogP contribution in [0.15, 0.2) is 41.6 Å². The number of nitrogens with one attached hydrogen (secondary N) is 1. The molecule has 0 aliphatic rings. The minimum Gasteiger partial charge on any atom is -0.383 e. The van der Waals surface area contributed by atoms with Crippen molar-refractivity contribution in [3.8, 4) is 17.2 Å². The van der Waals surface area contributed by atoms with E-state index in [1.165, 1.54) is 0 Å². The number of hydrogen-bond donors (Lipinski definition) is 1. The zero-order valence-electron chi connectivity index (χ0n) is 11.3. The molecule has 0 saturated carbocycles. The van der Waals surface area contributed by atoms with Gasteiger partial charge in [0.25, 0.3) is 5.56 Å². The molecule has 0 unspecified atom stereocenters. The molecule has 0 aromatic carbocycles. The SMILES string of the molecule is CN(C)C=Cc1[nH]c(=O)c(C#N)cc1-c1ccncc1. The quantitative estimate of drug-likeness (QED) is 0.920. The average molecular weight is 266 g/mol. The van der Waals surface area contributed by atoms with Crippen molar-refractivity contribution >= 4 is 6.08 Å². The van der Waals surface area contributed by atoms with Crippen molar-refractivity contribution < 1.29 is 0 Å². The highest BCUT2D eigenvalue weighted by Gasteiger charge is 2.08. The van der Waals surface area contributed by atoms with Crippen molar-refractivity contribution in [2.75, 3.05) is 14.1 Å². The van der Waals surface area contributed by atoms with E-state index in [0.717, 1.165) is 11.1 Å². The van der Waals surface area contributed by atoms with Crippen molar-refractivity contribution in [1.82, 2.24) is 14.9 Å². The van der Waals surface area contributed by atoms with E-state index in [2.05, 4.69) is 9.97 Å². The van der Waals surface area contributed by atoms with Gasteiger partial charge in [0, 0.05) is 38.3 Å². The van der Waals surface area contributed by atoms with Gasteiger partial charge in [0.15, 0.2) is 0 Å². The van der Waals surface area contributed by atoms with E-state index in [4.69, 9.17) is 5.26 Å². The molecule has 2 aromatic rings. The van der Waals surface area contributed by atoms with Gasteiger partial charge >= 0.3 is 0 Å². The maximum absolute atomic E-state index is 11.8. The van der Waals surface area contributed by atoms with Crippen LogP contribution in [0.25, 0.3) is 17.2 Å². The molecule has 1 N–H and O–H groups in total. The molecule has 2 rings (SSSR count). The van der Waals surface area contributed by atoms with Gasteiger partial charge in [-0.25, -0.2) is 0 Å². The van der Waals surface area contributed by atoms with Crippen molar-refractivity contribution in [1.29, 1.82) is 5.26 Å². The Morgan fingerprint density at radius 1 is 1.35 bits per heavy atom. The fourth-order valence-corrected chi connectivity index (χ4v) is 1.75. The van der Waals surface area contributed by atoms with E-state index in [0.29, 0.717) is 5.69 Å². The molecule has 0 saturated heterocycles. The Hall–Kier alpha value is -2.87. The average Bonchev–Trinajstić information content (AvgIpc) is 2.46. The zero-order valence-corrected chi connectivity index (χ0v) is 11.3. The Morgan fingerprint density at radius 2 is 2.05 bits per heavy atom. The summed E-state index contributed by atoms with van der Waals surface area (Å²) in [5, 5.41) is 8.99. The van der Waals surface area contributed by atoms with Crippen LogP contribution >= 0.6 is 0 Å². The largest absolute Gasteiger partial charge is 0.383 e. The minimum absolute atomic E-state index is 0.0961. The lowest BCUT2D eigenvalue weighted by molar-refractivity contribution is 0.567. The number of pyridine rings is 2. The van der Waals surface area contributed by atoms with Gasteiger partial charge < -0.3 is 9.88 Å². The molecule has 100 valence electrons. The van der Waals surface area contributed by atoms with E-state index in [9.17, 15) is 4.79 Å². The van der Waals surface area contributed by atoms with Crippen LogP contribution in [0, 0.1) is 11.3 Å². The van der Waals surface area contributed by atoms with Gasteiger partial charge in [-0.3, -0.25) is 9.78 Å². The van der Waals surface area contributed by atoms with E-state index >= 15 is 0 Å². The highest BCUT2D eigenvalue weighted by atomic mass is 16.1. The van der Waals surface area contributed by atoms with Crippen LogP contribution in [0.2, 0.25) is 0 Å². The third-order valence-electron chi connectivity index (χ3n) is 2.72. The predicted octanol–water partition coefficient (Wildman–Crippen LogP) is 1.84. The van der Waals surface area contributed by atoms with Gasteiger partial charge in [-0.05, 0) is 29.8 Å². The van der Waals surface area contributed by atoms with Crippen molar-refractivity contribution in [2.45, 2.75) is 0 Å². The number of hydrogen-bond acceptors (Lipinski definition) is 4. The summed E-state index contributed by atoms with van der Waals surface area (Å²) in [6.07, 6.45) is 6.98. The maximum Gasteiger partial charge on any atom is 0.266 e. The highest BCUT2D eigenvalue weighted by Crippen LogP contribution is 2.22. The fourth-order valence-electron chi connectivity index (χ4n) is 1.75. The van der Waals surface area contributed by atoms with Crippen LogP contribution in [0.1, 0.15) is 11.3 Å². The Balaban J connectivity index is 2.64. The molecular weight excluding hydrogens is 252 g/mol. The first kappa shape index (κ1) is 13.6. The van der Waals surface area contributed by atoms with Gasteiger partial charge in [0.05, 0.1) is 5.69 Å². The summed E-state index contributed by atoms with van der Waals surface area (Å²) in [6.45, 7) is 0. The van der Waals surface area contributed by atoms with E-state index in [1.807, 2.05) is 43.4 Å². The number of nitriles is 1. The fraction of sp³-hybridized carbons (Fsp3) is 0.133. The van der Waals surface area contributed by atoms with Gasteiger partial charge in [-0.1, -0.05) is 0 Å². The molecule has 0 aliphatic carbocycles. The first-order chi connectivity index (χ1) is 9.61. The summed E-state index contributed by atoms with van der Waals surface area (Å²) >= 11 is 0. The van der Waals surface area contributed by atoms with Gasteiger partial charge in [0.1, 0.15) is 11.6 Å². The summed E-state index contributed by atoms with van der Waals surface area (Å²) in [7, 11) is 3.79. The third-order valence-corrected chi connectivity index (χ3v) is 2.72. The molecule has 2 heterocycles. The lowest BCUT2D eigenvalue weighted by atomic mass is 10.0. The normalized spacial score (nSPS) is 10.4. The van der Waals surface area contributed by atoms with Crippen molar-refractivity contribution in [2.24, 2.45) is 0 Å². The molecule has 0 spiro atoms. The Kier molecular flexibility index (Phi) is 3.96. The summed E-state index contributed by atoms with van der Waals surface area (Å²) in [5.41, 5.74) is 2.06. The first-order valence-electron chi connectivity index (χ1n) is 6.04. The molecule has 2 aromatic heterocycles. The predicted molar refractivity (Wildman–Crippen MR) is 77.7 cm³/mol. The minimum atomic E-state index is -0.385. The Labute approximate surface area is 116 Å². The van der Waals surface area contributed by atoms with E-state index < -0.39 is 0 Å². The second kappa shape index (κ2) is 5.85. The van der Waals surface area contributed by atoms with Gasteiger partial charge in [-0.2, -0.15) is 5.26 Å². The number of nitrogens with zero attached hydrogens (tertiary/aromatic N) is 3. The van der Waals surface area contributed by atoms with Crippen molar-refractivity contribution in [3.63, 3.8) is 0 Å². The molecule has 5 nitrogen and oxygen atoms in total. The highest BCUT2D eigenvalue weighted by molar-refractivity contribution is 5.73. The lowest BCUT2D eigenvalue weighted by Crippen LogP contribution is -2.12. The smallest absolute Gasteiger partial charge is 0.266 e. The Morgan fingerprint density at radius 3 is 2.65 bits per heavy atom. The second-order valence-electron chi connectivity index (χ2n) is 4.47. The lowest BCUT2D eigenvalue weighted by Gasteiger charge is -2.08. The van der Waals surface area contributed by atoms with Crippen LogP contribution < -0.4 is 5.56 Å². The summed E-state index contributed by atoms with van der Waals surface area (Å²) in [5.74, 6) is 0. The maximum atomic E-state index is 11.8. The molecule has 0 aliphatic heterocycles. The molecule has 0 radical (unpaired) electrons. The third kappa shape index (κ3) is 2.93. The van der Waals surface area contributed by atoms with E-state index in [1.54, 1.807) is 24.5 Å². The van der Waals surface area contributed by atoms with Gasteiger partial charge in [0.2, 0.25) is 0 Å². The summed E-state index contributed by atoms with van der Waals surface area (Å²) < 4.78 is 0. The molecular formula is C15H14N4O. The molecule has 5 heteroatoms. The summed E-state index contributed by atoms with van der Waals surface area (Å²) in [4.78, 5) is 20.3. The number of aromatic nitrogens is 2. The second-order valence-corrected chi connectivity index (χ2v) is 4.47. The van der Waals surface area contributed by atoms with Crippen LogP contribution in [0.3, 0.4) is 0 Å². The molecule has 20 heavy (non-hydrogen) atoms. The topological polar surface area (TPSA) is 72.8 Å². The monoisotopic (exact) mass is 266 g/mol. The molecule has 0 amide bonds. The van der Waals surface area contributed by atoms with Crippen LogP contribution in [0.4, 0.5) is 0 Å². The number of rotatable bonds is 3. The van der Waals surface area contributed by atoms with Crippen molar-refractivity contribution in [3.05, 3.63) is 58.4 Å². The molecule has 0 fully saturated rings. The van der Waals surface area contributed by atoms with E-state index in [-0.39, 0.29) is 11.1 Å². The zero-order chi connectivity index (χ0) is 14.5. The Bertz CT molecular complexity index is 724. The standard InChI is InChI=1S/C15H14N4O/c1-19(2)8-5-14-13(11-3-6-17-7-4-11)9-12(10-16)15(20)18-14/h3-9H,1-2H3,(H,18,20). The van der Waals surface area contributed by atoms with Gasteiger partial charge in [-0.15, -0.1) is 0 Å². The number of aromatic amines is 1. The summed E-state index contributed by atoms with van der Waals surface area (Å²) in [6, 6.07) is 7.17. The van der Waals surface area contributed by atoms with Crippen LogP contribution in [0.5, 0.6) is 0 Å². The molecule has 0 bridgehead atoms. The first-order valence-corrected chi connectivity index (χ1v) is 6.04. The molecule has 0 atom stereocenters.